The molecule has 2 saturated heterocycles. The van der Waals surface area contributed by atoms with Crippen molar-refractivity contribution in [3.8, 4) is 0 Å². The topological polar surface area (TPSA) is 88.0 Å². The Bertz CT molecular complexity index is 1080. The van der Waals surface area contributed by atoms with Crippen molar-refractivity contribution in [2.24, 2.45) is 0 Å². The predicted molar refractivity (Wildman–Crippen MR) is 110 cm³/mol. The van der Waals surface area contributed by atoms with Crippen molar-refractivity contribution in [1.29, 1.82) is 0 Å². The van der Waals surface area contributed by atoms with E-state index < -0.39 is 21.4 Å². The molecule has 29 heavy (non-hydrogen) atoms. The lowest BCUT2D eigenvalue weighted by atomic mass is 9.90. The largest absolute Gasteiger partial charge is 0.329 e. The van der Waals surface area contributed by atoms with Crippen LogP contribution in [0.4, 0.5) is 4.79 Å². The number of hydrogen-bond acceptors (Lipinski definition) is 4. The molecule has 0 saturated carbocycles. The van der Waals surface area contributed by atoms with Crippen LogP contribution in [0.3, 0.4) is 0 Å². The van der Waals surface area contributed by atoms with Crippen LogP contribution in [0.15, 0.2) is 42.5 Å². The van der Waals surface area contributed by atoms with E-state index in [4.69, 9.17) is 0 Å². The van der Waals surface area contributed by atoms with Crippen molar-refractivity contribution in [2.45, 2.75) is 31.8 Å². The van der Waals surface area contributed by atoms with E-state index in [0.717, 1.165) is 21.2 Å². The van der Waals surface area contributed by atoms with E-state index in [1.54, 1.807) is 6.92 Å². The first kappa shape index (κ1) is 19.8. The summed E-state index contributed by atoms with van der Waals surface area (Å²) in [5.41, 5.74) is -0.402. The van der Waals surface area contributed by atoms with E-state index in [1.165, 1.54) is 4.90 Å². The molecule has 2 aliphatic heterocycles. The summed E-state index contributed by atoms with van der Waals surface area (Å²) in [7, 11) is -3.02. The van der Waals surface area contributed by atoms with Gasteiger partial charge >= 0.3 is 6.03 Å². The molecular weight excluding hydrogens is 390 g/mol. The summed E-state index contributed by atoms with van der Waals surface area (Å²) >= 11 is 0. The number of rotatable bonds is 5. The van der Waals surface area contributed by atoms with Crippen LogP contribution >= 0.6 is 0 Å². The van der Waals surface area contributed by atoms with Crippen molar-refractivity contribution >= 4 is 32.5 Å². The molecular formula is C21H26N3O4S+. The molecule has 2 N–H and O–H groups in total. The number of sulfone groups is 1. The van der Waals surface area contributed by atoms with Gasteiger partial charge in [0.05, 0.1) is 12.3 Å². The maximum Gasteiger partial charge on any atom is 0.329 e. The van der Waals surface area contributed by atoms with Crippen LogP contribution in [-0.4, -0.2) is 56.0 Å². The Morgan fingerprint density at radius 3 is 2.55 bits per heavy atom. The van der Waals surface area contributed by atoms with Crippen molar-refractivity contribution in [3.63, 3.8) is 0 Å². The molecule has 1 unspecified atom stereocenters. The average molecular weight is 417 g/mol. The van der Waals surface area contributed by atoms with Gasteiger partial charge in [-0.25, -0.2) is 18.1 Å². The van der Waals surface area contributed by atoms with Gasteiger partial charge in [-0.3, -0.25) is 4.79 Å². The first-order valence-corrected chi connectivity index (χ1v) is 11.7. The lowest BCUT2D eigenvalue weighted by Crippen LogP contribution is -3.17. The number of carbonyl (C=O) groups is 2. The van der Waals surface area contributed by atoms with Crippen molar-refractivity contribution in [3.05, 3.63) is 48.0 Å². The molecule has 2 fully saturated rings. The fourth-order valence-corrected chi connectivity index (χ4v) is 6.21. The molecule has 0 radical (unpaired) electrons. The summed E-state index contributed by atoms with van der Waals surface area (Å²) in [6.07, 6.45) is 0.567. The second kappa shape index (κ2) is 7.11. The highest BCUT2D eigenvalue weighted by molar-refractivity contribution is 7.91. The van der Waals surface area contributed by atoms with E-state index in [9.17, 15) is 18.0 Å². The molecule has 8 heteroatoms. The number of hydrogen-bond donors (Lipinski definition) is 2. The summed E-state index contributed by atoms with van der Waals surface area (Å²) in [6.45, 7) is 4.48. The molecule has 2 aliphatic rings. The predicted octanol–water partition coefficient (Wildman–Crippen LogP) is 0.656. The number of fused-ring (bicyclic) bond motifs is 1. The SMILES string of the molecule is CC[NH+](CN1C(=O)N[C@@](C)(c2ccc3ccccc3c2)C1=O)[C@@H]1CCS(=O)(=O)C1. The van der Waals surface area contributed by atoms with Gasteiger partial charge < -0.3 is 10.2 Å². The van der Waals surface area contributed by atoms with Gasteiger partial charge in [0, 0.05) is 6.42 Å². The number of nitrogens with zero attached hydrogens (tertiary/aromatic N) is 1. The monoisotopic (exact) mass is 416 g/mol. The van der Waals surface area contributed by atoms with Crippen LogP contribution in [0.1, 0.15) is 25.8 Å². The maximum atomic E-state index is 13.3. The molecule has 0 aliphatic carbocycles. The van der Waals surface area contributed by atoms with Gasteiger partial charge in [0.25, 0.3) is 5.91 Å². The smallest absolute Gasteiger partial charge is 0.319 e. The van der Waals surface area contributed by atoms with Crippen molar-refractivity contribution in [1.82, 2.24) is 10.2 Å². The Balaban J connectivity index is 1.58. The first-order chi connectivity index (χ1) is 13.7. The molecule has 7 nitrogen and oxygen atoms in total. The Morgan fingerprint density at radius 1 is 1.17 bits per heavy atom. The standard InChI is InChI=1S/C21H25N3O4S/c1-3-23(18-10-11-29(27,28)13-18)14-24-19(25)21(2,22-20(24)26)17-9-8-15-6-4-5-7-16(15)12-17/h4-9,12,18H,3,10-11,13-14H2,1-2H3,(H,22,26)/p+1/t18-,21+/m1/s1. The molecule has 3 amide bonds. The van der Waals surface area contributed by atoms with Gasteiger partial charge in [0.1, 0.15) is 17.3 Å². The normalized spacial score (nSPS) is 27.4. The number of amides is 3. The third-order valence-corrected chi connectivity index (χ3v) is 7.99. The summed E-state index contributed by atoms with van der Waals surface area (Å²) in [6, 6.07) is 13.1. The van der Waals surface area contributed by atoms with E-state index in [1.807, 2.05) is 49.4 Å². The number of imide groups is 1. The Labute approximate surface area is 170 Å². The summed E-state index contributed by atoms with van der Waals surface area (Å²) < 4.78 is 23.7. The summed E-state index contributed by atoms with van der Waals surface area (Å²) in [5, 5.41) is 4.92. The minimum absolute atomic E-state index is 0.0851. The minimum Gasteiger partial charge on any atom is -0.319 e. The highest BCUT2D eigenvalue weighted by atomic mass is 32.2. The molecule has 2 heterocycles. The van der Waals surface area contributed by atoms with Gasteiger partial charge in [0.2, 0.25) is 0 Å². The van der Waals surface area contributed by atoms with Gasteiger partial charge in [0.15, 0.2) is 16.5 Å². The second-order valence-corrected chi connectivity index (χ2v) is 10.3. The zero-order chi connectivity index (χ0) is 20.8. The second-order valence-electron chi connectivity index (χ2n) is 8.12. The van der Waals surface area contributed by atoms with Crippen LogP contribution in [-0.2, 0) is 20.2 Å². The molecule has 0 aromatic heterocycles. The third-order valence-electron chi connectivity index (χ3n) is 6.23. The van der Waals surface area contributed by atoms with E-state index in [2.05, 4.69) is 5.32 Å². The molecule has 154 valence electrons. The maximum absolute atomic E-state index is 13.3. The first-order valence-electron chi connectivity index (χ1n) is 9.92. The van der Waals surface area contributed by atoms with E-state index in [-0.39, 0.29) is 30.1 Å². The number of nitrogens with one attached hydrogen (secondary N) is 2. The highest BCUT2D eigenvalue weighted by Crippen LogP contribution is 2.30. The Morgan fingerprint density at radius 2 is 1.90 bits per heavy atom. The van der Waals surface area contributed by atoms with Crippen LogP contribution in [0.2, 0.25) is 0 Å². The zero-order valence-electron chi connectivity index (χ0n) is 16.6. The van der Waals surface area contributed by atoms with E-state index >= 15 is 0 Å². The van der Waals surface area contributed by atoms with Gasteiger partial charge in [-0.2, -0.15) is 0 Å². The van der Waals surface area contributed by atoms with Crippen LogP contribution in [0.5, 0.6) is 0 Å². The molecule has 4 rings (SSSR count). The third kappa shape index (κ3) is 3.51. The van der Waals surface area contributed by atoms with E-state index in [0.29, 0.717) is 13.0 Å². The molecule has 2 aromatic rings. The molecule has 0 bridgehead atoms. The van der Waals surface area contributed by atoms with Crippen molar-refractivity contribution < 1.29 is 22.9 Å². The lowest BCUT2D eigenvalue weighted by molar-refractivity contribution is -0.927. The van der Waals surface area contributed by atoms with Crippen LogP contribution in [0.25, 0.3) is 10.8 Å². The van der Waals surface area contributed by atoms with Gasteiger partial charge in [-0.05, 0) is 36.2 Å². The van der Waals surface area contributed by atoms with Gasteiger partial charge in [-0.1, -0.05) is 36.4 Å². The number of benzene rings is 2. The molecule has 2 aromatic carbocycles. The number of quaternary nitrogens is 1. The molecule has 3 atom stereocenters. The Kier molecular flexibility index (Phi) is 4.86. The fourth-order valence-electron chi connectivity index (χ4n) is 4.39. The van der Waals surface area contributed by atoms with Gasteiger partial charge in [-0.15, -0.1) is 0 Å². The number of urea groups is 1. The zero-order valence-corrected chi connectivity index (χ0v) is 17.5. The average Bonchev–Trinajstić information content (AvgIpc) is 3.16. The summed E-state index contributed by atoms with van der Waals surface area (Å²) in [4.78, 5) is 28.1. The Hall–Kier alpha value is -2.45. The quantitative estimate of drug-likeness (QED) is 0.701. The fraction of sp³-hybridized carbons (Fsp3) is 0.429. The minimum atomic E-state index is -3.02. The molecule has 0 spiro atoms. The van der Waals surface area contributed by atoms with Crippen LogP contribution < -0.4 is 10.2 Å². The highest BCUT2D eigenvalue weighted by Gasteiger charge is 2.51. The lowest BCUT2D eigenvalue weighted by Gasteiger charge is -2.27. The van der Waals surface area contributed by atoms with Crippen LogP contribution in [0, 0.1) is 0 Å². The number of carbonyl (C=O) groups excluding carboxylic acids is 2. The summed E-state index contributed by atoms with van der Waals surface area (Å²) in [5.74, 6) is -0.0117. The van der Waals surface area contributed by atoms with Crippen molar-refractivity contribution in [2.75, 3.05) is 24.7 Å².